The number of nitrogens with zero attached hydrogens (tertiary/aromatic N) is 4. The lowest BCUT2D eigenvalue weighted by atomic mass is 10.1. The Bertz CT molecular complexity index is 722. The van der Waals surface area contributed by atoms with Gasteiger partial charge in [0.25, 0.3) is 0 Å². The predicted molar refractivity (Wildman–Crippen MR) is 82.2 cm³/mol. The van der Waals surface area contributed by atoms with Crippen molar-refractivity contribution in [3.05, 3.63) is 39.4 Å². The van der Waals surface area contributed by atoms with Crippen LogP contribution >= 0.6 is 23.1 Å². The van der Waals surface area contributed by atoms with Crippen molar-refractivity contribution < 1.29 is 14.5 Å². The summed E-state index contributed by atoms with van der Waals surface area (Å²) < 4.78 is 5.08. The van der Waals surface area contributed by atoms with Crippen molar-refractivity contribution in [3.8, 4) is 5.75 Å². The van der Waals surface area contributed by atoms with Gasteiger partial charge in [-0.1, -0.05) is 17.4 Å². The largest absolute Gasteiger partial charge is 0.490 e. The smallest absolute Gasteiger partial charge is 0.317 e. The average Bonchev–Trinajstić information content (AvgIpc) is 3.15. The summed E-state index contributed by atoms with van der Waals surface area (Å²) in [5, 5.41) is 19.0. The van der Waals surface area contributed by atoms with Gasteiger partial charge in [-0.25, -0.2) is 0 Å². The van der Waals surface area contributed by atoms with Crippen LogP contribution in [0.5, 0.6) is 5.75 Å². The molecule has 1 unspecified atom stereocenters. The molecule has 0 radical (unpaired) electrons. The van der Waals surface area contributed by atoms with E-state index in [0.29, 0.717) is 10.7 Å². The number of para-hydroxylation sites is 1. The number of thioether (sulfide) groups is 1. The molecule has 0 N–H and O–H groups in total. The molecule has 1 fully saturated rings. The molecule has 10 heteroatoms. The summed E-state index contributed by atoms with van der Waals surface area (Å²) in [6.45, 7) is 0. The van der Waals surface area contributed by atoms with Crippen molar-refractivity contribution >= 4 is 39.8 Å². The Morgan fingerprint density at radius 2 is 2.32 bits per heavy atom. The molecule has 2 heterocycles. The zero-order valence-electron chi connectivity index (χ0n) is 11.3. The molecule has 1 aromatic heterocycles. The number of anilines is 1. The maximum absolute atomic E-state index is 12.1. The van der Waals surface area contributed by atoms with Gasteiger partial charge in [0.2, 0.25) is 11.0 Å². The van der Waals surface area contributed by atoms with Gasteiger partial charge in [0.1, 0.15) is 10.9 Å². The Labute approximate surface area is 133 Å². The van der Waals surface area contributed by atoms with Crippen LogP contribution in [0.3, 0.4) is 0 Å². The third kappa shape index (κ3) is 2.40. The molecular weight excluding hydrogens is 328 g/mol. The summed E-state index contributed by atoms with van der Waals surface area (Å²) in [4.78, 5) is 24.5. The summed E-state index contributed by atoms with van der Waals surface area (Å²) >= 11 is 2.53. The second-order valence-electron chi connectivity index (χ2n) is 4.30. The summed E-state index contributed by atoms with van der Waals surface area (Å²) in [5.74, 6) is 0.252. The molecule has 1 saturated heterocycles. The Morgan fingerprint density at radius 3 is 2.95 bits per heavy atom. The van der Waals surface area contributed by atoms with Crippen LogP contribution in [0.1, 0.15) is 10.9 Å². The van der Waals surface area contributed by atoms with E-state index < -0.39 is 10.3 Å². The molecule has 22 heavy (non-hydrogen) atoms. The van der Waals surface area contributed by atoms with E-state index in [0.717, 1.165) is 0 Å². The number of hydrogen-bond acceptors (Lipinski definition) is 8. The summed E-state index contributed by atoms with van der Waals surface area (Å²) in [5.41, 5.74) is 1.80. The molecule has 8 nitrogen and oxygen atoms in total. The number of rotatable bonds is 4. The van der Waals surface area contributed by atoms with Crippen molar-refractivity contribution in [2.45, 2.75) is 5.37 Å². The van der Waals surface area contributed by atoms with Crippen LogP contribution in [-0.4, -0.2) is 33.9 Å². The molecule has 1 amide bonds. The zero-order chi connectivity index (χ0) is 15.7. The lowest BCUT2D eigenvalue weighted by molar-refractivity contribution is -0.386. The van der Waals surface area contributed by atoms with Gasteiger partial charge in [-0.05, 0) is 12.1 Å². The molecule has 3 rings (SSSR count). The minimum atomic E-state index is -0.518. The van der Waals surface area contributed by atoms with E-state index in [1.54, 1.807) is 12.1 Å². The fourth-order valence-electron chi connectivity index (χ4n) is 2.23. The molecule has 0 spiro atoms. The number of carbonyl (C=O) groups is 1. The average molecular weight is 338 g/mol. The minimum Gasteiger partial charge on any atom is -0.490 e. The van der Waals surface area contributed by atoms with Crippen molar-refractivity contribution in [2.24, 2.45) is 0 Å². The van der Waals surface area contributed by atoms with Crippen molar-refractivity contribution in [1.82, 2.24) is 10.2 Å². The van der Waals surface area contributed by atoms with E-state index >= 15 is 0 Å². The summed E-state index contributed by atoms with van der Waals surface area (Å²) in [6, 6.07) is 4.83. The predicted octanol–water partition coefficient (Wildman–Crippen LogP) is 2.23. The van der Waals surface area contributed by atoms with Gasteiger partial charge >= 0.3 is 5.69 Å². The minimum absolute atomic E-state index is 0.133. The van der Waals surface area contributed by atoms with Crippen LogP contribution in [0.25, 0.3) is 0 Å². The first-order valence-corrected chi connectivity index (χ1v) is 8.07. The lowest BCUT2D eigenvalue weighted by Gasteiger charge is -2.21. The second kappa shape index (κ2) is 5.89. The molecule has 0 saturated carbocycles. The number of aromatic nitrogens is 2. The molecule has 0 bridgehead atoms. The first kappa shape index (κ1) is 14.7. The summed E-state index contributed by atoms with van der Waals surface area (Å²) in [7, 11) is 1.38. The highest BCUT2D eigenvalue weighted by molar-refractivity contribution is 8.00. The van der Waals surface area contributed by atoms with Crippen molar-refractivity contribution in [1.29, 1.82) is 0 Å². The molecule has 1 atom stereocenters. The maximum atomic E-state index is 12.1. The van der Waals surface area contributed by atoms with E-state index in [2.05, 4.69) is 10.2 Å². The Balaban J connectivity index is 2.10. The fraction of sp³-hybridized carbons (Fsp3) is 0.250. The van der Waals surface area contributed by atoms with Gasteiger partial charge in [0.05, 0.1) is 23.3 Å². The SMILES string of the molecule is COc1cccc(C2SCC(=O)N2c2nncs2)c1[N+](=O)[O-]. The Morgan fingerprint density at radius 1 is 1.50 bits per heavy atom. The molecular formula is C12H10N4O4S2. The normalized spacial score (nSPS) is 17.8. The second-order valence-corrected chi connectivity index (χ2v) is 6.18. The highest BCUT2D eigenvalue weighted by Crippen LogP contribution is 2.47. The first-order valence-electron chi connectivity index (χ1n) is 6.14. The first-order chi connectivity index (χ1) is 10.6. The Kier molecular flexibility index (Phi) is 3.94. The molecule has 2 aromatic rings. The van der Waals surface area contributed by atoms with Gasteiger partial charge in [-0.3, -0.25) is 19.8 Å². The van der Waals surface area contributed by atoms with Crippen LogP contribution in [0.2, 0.25) is 0 Å². The zero-order valence-corrected chi connectivity index (χ0v) is 13.0. The highest BCUT2D eigenvalue weighted by atomic mass is 32.2. The van der Waals surface area contributed by atoms with Gasteiger partial charge < -0.3 is 4.74 Å². The van der Waals surface area contributed by atoms with Crippen LogP contribution in [0.15, 0.2) is 23.7 Å². The van der Waals surface area contributed by atoms with E-state index in [1.165, 1.54) is 46.7 Å². The van der Waals surface area contributed by atoms with Gasteiger partial charge in [-0.15, -0.1) is 22.0 Å². The number of benzene rings is 1. The van der Waals surface area contributed by atoms with Gasteiger partial charge in [-0.2, -0.15) is 0 Å². The number of amides is 1. The number of hydrogen-bond donors (Lipinski definition) is 0. The molecule has 0 aliphatic carbocycles. The fourth-order valence-corrected chi connectivity index (χ4v) is 4.08. The number of carbonyl (C=O) groups excluding carboxylic acids is 1. The van der Waals surface area contributed by atoms with Crippen LogP contribution in [0, 0.1) is 10.1 Å². The maximum Gasteiger partial charge on any atom is 0.317 e. The Hall–Kier alpha value is -2.20. The third-order valence-electron chi connectivity index (χ3n) is 3.12. The standard InChI is InChI=1S/C12H10N4O4S2/c1-20-8-4-2-3-7(10(8)16(18)19)11-15(9(17)5-21-11)12-14-13-6-22-12/h2-4,6,11H,5H2,1H3. The van der Waals surface area contributed by atoms with Crippen LogP contribution in [-0.2, 0) is 4.79 Å². The van der Waals surface area contributed by atoms with Crippen molar-refractivity contribution in [3.63, 3.8) is 0 Å². The van der Waals surface area contributed by atoms with Crippen LogP contribution < -0.4 is 9.64 Å². The topological polar surface area (TPSA) is 98.5 Å². The van der Waals surface area contributed by atoms with E-state index in [4.69, 9.17) is 4.74 Å². The van der Waals surface area contributed by atoms with E-state index in [-0.39, 0.29) is 23.1 Å². The number of ether oxygens (including phenoxy) is 1. The molecule has 1 aliphatic heterocycles. The number of methoxy groups -OCH3 is 1. The number of nitro groups is 1. The van der Waals surface area contributed by atoms with Crippen LogP contribution in [0.4, 0.5) is 10.8 Å². The number of nitro benzene ring substituents is 1. The quantitative estimate of drug-likeness (QED) is 0.622. The van der Waals surface area contributed by atoms with E-state index in [1.807, 2.05) is 0 Å². The summed E-state index contributed by atoms with van der Waals surface area (Å²) in [6.07, 6.45) is 0. The molecule has 114 valence electrons. The third-order valence-corrected chi connectivity index (χ3v) is 5.00. The molecule has 1 aromatic carbocycles. The van der Waals surface area contributed by atoms with Gasteiger partial charge in [0.15, 0.2) is 5.75 Å². The van der Waals surface area contributed by atoms with Crippen molar-refractivity contribution in [2.75, 3.05) is 17.8 Å². The lowest BCUT2D eigenvalue weighted by Crippen LogP contribution is -2.28. The highest BCUT2D eigenvalue weighted by Gasteiger charge is 2.40. The van der Waals surface area contributed by atoms with E-state index in [9.17, 15) is 14.9 Å². The van der Waals surface area contributed by atoms with Gasteiger partial charge in [0, 0.05) is 0 Å². The monoisotopic (exact) mass is 338 g/mol. The molecule has 1 aliphatic rings.